The van der Waals surface area contributed by atoms with E-state index in [1.54, 1.807) is 29.6 Å². The molecule has 2 heterocycles. The molecule has 1 N–H and O–H groups in total. The molecule has 7 heteroatoms. The first kappa shape index (κ1) is 21.0. The molecule has 0 aromatic heterocycles. The van der Waals surface area contributed by atoms with Crippen LogP contribution >= 0.6 is 0 Å². The maximum absolute atomic E-state index is 13.2. The summed E-state index contributed by atoms with van der Waals surface area (Å²) >= 11 is 0. The SMILES string of the molecule is Cc1cccc(S(=O)(=O)N2CCCC([C@@]3(C)CCCC(=N)N(C)C(=O)C3)C2)c1. The minimum atomic E-state index is -3.53. The highest BCUT2D eigenvalue weighted by Crippen LogP contribution is 2.43. The third-order valence-electron chi connectivity index (χ3n) is 6.49. The Morgan fingerprint density at radius 2 is 2.00 bits per heavy atom. The Balaban J connectivity index is 1.82. The van der Waals surface area contributed by atoms with Gasteiger partial charge in [0.2, 0.25) is 15.9 Å². The number of sulfonamides is 1. The normalized spacial score (nSPS) is 28.1. The highest BCUT2D eigenvalue weighted by Gasteiger charge is 2.42. The van der Waals surface area contributed by atoms with Crippen LogP contribution in [0, 0.1) is 23.7 Å². The average Bonchev–Trinajstić information content (AvgIpc) is 2.66. The number of piperidine rings is 1. The van der Waals surface area contributed by atoms with Crippen LogP contribution in [0.4, 0.5) is 0 Å². The number of carbonyl (C=O) groups excluding carboxylic acids is 1. The fraction of sp³-hybridized carbons (Fsp3) is 0.619. The second kappa shape index (κ2) is 7.95. The van der Waals surface area contributed by atoms with Crippen LogP contribution in [0.2, 0.25) is 0 Å². The summed E-state index contributed by atoms with van der Waals surface area (Å²) in [4.78, 5) is 14.4. The van der Waals surface area contributed by atoms with Gasteiger partial charge in [0.15, 0.2) is 0 Å². The van der Waals surface area contributed by atoms with Gasteiger partial charge in [0.1, 0.15) is 5.84 Å². The van der Waals surface area contributed by atoms with E-state index in [1.807, 2.05) is 13.0 Å². The Kier molecular flexibility index (Phi) is 5.96. The van der Waals surface area contributed by atoms with Gasteiger partial charge >= 0.3 is 0 Å². The van der Waals surface area contributed by atoms with Crippen LogP contribution in [0.15, 0.2) is 29.2 Å². The fourth-order valence-electron chi connectivity index (χ4n) is 4.53. The molecule has 0 saturated carbocycles. The third-order valence-corrected chi connectivity index (χ3v) is 8.35. The summed E-state index contributed by atoms with van der Waals surface area (Å²) < 4.78 is 28.0. The van der Waals surface area contributed by atoms with Gasteiger partial charge in [0.25, 0.3) is 0 Å². The van der Waals surface area contributed by atoms with E-state index in [4.69, 9.17) is 5.41 Å². The molecule has 0 aliphatic carbocycles. The van der Waals surface area contributed by atoms with Crippen molar-refractivity contribution in [1.29, 1.82) is 5.41 Å². The van der Waals surface area contributed by atoms with E-state index >= 15 is 0 Å². The maximum atomic E-state index is 13.2. The molecular weight excluding hydrogens is 374 g/mol. The van der Waals surface area contributed by atoms with E-state index in [0.29, 0.717) is 36.7 Å². The molecule has 2 fully saturated rings. The summed E-state index contributed by atoms with van der Waals surface area (Å²) in [7, 11) is -1.86. The molecule has 1 unspecified atom stereocenters. The molecule has 0 bridgehead atoms. The van der Waals surface area contributed by atoms with Crippen LogP contribution in [0.25, 0.3) is 0 Å². The van der Waals surface area contributed by atoms with E-state index in [9.17, 15) is 13.2 Å². The second-order valence-corrected chi connectivity index (χ2v) is 10.5. The molecule has 0 radical (unpaired) electrons. The molecule has 1 amide bonds. The van der Waals surface area contributed by atoms with Crippen molar-refractivity contribution in [3.8, 4) is 0 Å². The van der Waals surface area contributed by atoms with Gasteiger partial charge in [0, 0.05) is 33.0 Å². The van der Waals surface area contributed by atoms with Gasteiger partial charge in [0.05, 0.1) is 4.90 Å². The molecule has 1 aromatic carbocycles. The molecule has 2 aliphatic heterocycles. The Labute approximate surface area is 168 Å². The van der Waals surface area contributed by atoms with Crippen LogP contribution < -0.4 is 0 Å². The van der Waals surface area contributed by atoms with Crippen molar-refractivity contribution in [3.63, 3.8) is 0 Å². The number of hydrogen-bond donors (Lipinski definition) is 1. The van der Waals surface area contributed by atoms with Gasteiger partial charge in [-0.05, 0) is 61.6 Å². The van der Waals surface area contributed by atoms with Crippen molar-refractivity contribution in [3.05, 3.63) is 29.8 Å². The van der Waals surface area contributed by atoms with Crippen molar-refractivity contribution in [2.45, 2.75) is 57.3 Å². The summed E-state index contributed by atoms with van der Waals surface area (Å²) in [5.74, 6) is 0.482. The van der Waals surface area contributed by atoms with Gasteiger partial charge in [-0.1, -0.05) is 19.1 Å². The summed E-state index contributed by atoms with van der Waals surface area (Å²) in [6.07, 6.45) is 4.41. The number of nitrogens with zero attached hydrogens (tertiary/aromatic N) is 2. The number of benzene rings is 1. The topological polar surface area (TPSA) is 81.5 Å². The predicted molar refractivity (Wildman–Crippen MR) is 110 cm³/mol. The monoisotopic (exact) mass is 405 g/mol. The number of aryl methyl sites for hydroxylation is 1. The Morgan fingerprint density at radius 3 is 2.71 bits per heavy atom. The summed E-state index contributed by atoms with van der Waals surface area (Å²) in [6, 6.07) is 7.06. The number of hydrogen-bond acceptors (Lipinski definition) is 4. The van der Waals surface area contributed by atoms with Gasteiger partial charge in [-0.15, -0.1) is 0 Å². The predicted octanol–water partition coefficient (Wildman–Crippen LogP) is 3.41. The largest absolute Gasteiger partial charge is 0.304 e. The lowest BCUT2D eigenvalue weighted by atomic mass is 9.67. The van der Waals surface area contributed by atoms with Gasteiger partial charge in [-0.2, -0.15) is 4.31 Å². The first-order valence-electron chi connectivity index (χ1n) is 10.0. The second-order valence-electron chi connectivity index (χ2n) is 8.60. The first-order valence-corrected chi connectivity index (χ1v) is 11.5. The quantitative estimate of drug-likeness (QED) is 0.837. The standard InChI is InChI=1S/C21H31N3O3S/c1-16-7-4-9-18(13-16)28(26,27)24-12-6-8-17(15-24)21(2)11-5-10-19(22)23(3)20(25)14-21/h4,7,9,13,17,22H,5-6,8,10-12,14-15H2,1-3H3/t17?,21-/m0/s1. The van der Waals surface area contributed by atoms with E-state index in [1.165, 1.54) is 4.90 Å². The minimum absolute atomic E-state index is 0.0362. The molecule has 154 valence electrons. The zero-order chi connectivity index (χ0) is 20.5. The number of likely N-dealkylation sites (tertiary alicyclic amines) is 1. The van der Waals surface area contributed by atoms with Crippen LogP contribution in [0.3, 0.4) is 0 Å². The molecule has 2 saturated heterocycles. The molecular formula is C21H31N3O3S. The average molecular weight is 406 g/mol. The van der Waals surface area contributed by atoms with Gasteiger partial charge < -0.3 is 4.90 Å². The third kappa shape index (κ3) is 4.15. The van der Waals surface area contributed by atoms with Crippen LogP contribution in [-0.2, 0) is 14.8 Å². The van der Waals surface area contributed by atoms with Crippen LogP contribution in [-0.4, -0.2) is 49.5 Å². The smallest absolute Gasteiger partial charge is 0.243 e. The Bertz CT molecular complexity index is 867. The highest BCUT2D eigenvalue weighted by atomic mass is 32.2. The lowest BCUT2D eigenvalue weighted by Crippen LogP contribution is -2.48. The summed E-state index contributed by atoms with van der Waals surface area (Å²) in [5, 5.41) is 7.98. The van der Waals surface area contributed by atoms with Crippen molar-refractivity contribution in [1.82, 2.24) is 9.21 Å². The number of amides is 1. The lowest BCUT2D eigenvalue weighted by Gasteiger charge is -2.44. The van der Waals surface area contributed by atoms with Gasteiger partial charge in [-0.25, -0.2) is 8.42 Å². The van der Waals surface area contributed by atoms with E-state index in [2.05, 4.69) is 6.92 Å². The Morgan fingerprint density at radius 1 is 1.25 bits per heavy atom. The lowest BCUT2D eigenvalue weighted by molar-refractivity contribution is -0.130. The van der Waals surface area contributed by atoms with Crippen LogP contribution in [0.1, 0.15) is 51.0 Å². The van der Waals surface area contributed by atoms with Crippen LogP contribution in [0.5, 0.6) is 0 Å². The highest BCUT2D eigenvalue weighted by molar-refractivity contribution is 7.89. The fourth-order valence-corrected chi connectivity index (χ4v) is 6.16. The number of carbonyl (C=O) groups is 1. The zero-order valence-electron chi connectivity index (χ0n) is 17.1. The molecule has 3 rings (SSSR count). The van der Waals surface area contributed by atoms with Gasteiger partial charge in [-0.3, -0.25) is 10.2 Å². The van der Waals surface area contributed by atoms with Crippen molar-refractivity contribution >= 4 is 21.8 Å². The summed E-state index contributed by atoms with van der Waals surface area (Å²) in [6.45, 7) is 5.01. The van der Waals surface area contributed by atoms with Crippen molar-refractivity contribution < 1.29 is 13.2 Å². The van der Waals surface area contributed by atoms with E-state index in [-0.39, 0.29) is 17.2 Å². The maximum Gasteiger partial charge on any atom is 0.243 e. The minimum Gasteiger partial charge on any atom is -0.304 e. The molecule has 28 heavy (non-hydrogen) atoms. The number of amidine groups is 1. The van der Waals surface area contributed by atoms with E-state index in [0.717, 1.165) is 31.2 Å². The molecule has 1 aromatic rings. The molecule has 6 nitrogen and oxygen atoms in total. The number of rotatable bonds is 3. The molecule has 2 aliphatic rings. The number of nitrogens with one attached hydrogen (secondary N) is 1. The van der Waals surface area contributed by atoms with Crippen molar-refractivity contribution in [2.75, 3.05) is 20.1 Å². The zero-order valence-corrected chi connectivity index (χ0v) is 17.9. The van der Waals surface area contributed by atoms with E-state index < -0.39 is 10.0 Å². The first-order chi connectivity index (χ1) is 13.1. The summed E-state index contributed by atoms with van der Waals surface area (Å²) in [5.41, 5.74) is 0.685. The molecule has 2 atom stereocenters. The van der Waals surface area contributed by atoms with Crippen molar-refractivity contribution in [2.24, 2.45) is 11.3 Å². The molecule has 0 spiro atoms. The Hall–Kier alpha value is -1.73.